The third kappa shape index (κ3) is 7.40. The van der Waals surface area contributed by atoms with E-state index in [0.717, 1.165) is 54.1 Å². The minimum Gasteiger partial charge on any atom is -0.461 e. The number of nitrogens with one attached hydrogen (secondary N) is 1. The zero-order valence-electron chi connectivity index (χ0n) is 25.9. The molecule has 44 heavy (non-hydrogen) atoms. The van der Waals surface area contributed by atoms with Crippen LogP contribution in [0.1, 0.15) is 79.9 Å². The van der Waals surface area contributed by atoms with Gasteiger partial charge in [-0.25, -0.2) is 4.79 Å². The molecule has 1 saturated heterocycles. The number of hydrogen-bond donors (Lipinski definition) is 1. The molecule has 1 saturated carbocycles. The van der Waals surface area contributed by atoms with Gasteiger partial charge in [0.25, 0.3) is 0 Å². The number of nitrogens with zero attached hydrogens (tertiary/aromatic N) is 1. The molecule has 5 rings (SSSR count). The lowest BCUT2D eigenvalue weighted by Crippen LogP contribution is -2.46. The summed E-state index contributed by atoms with van der Waals surface area (Å²) in [5, 5.41) is 0.829. The summed E-state index contributed by atoms with van der Waals surface area (Å²) in [6, 6.07) is 17.0. The number of esters is 1. The van der Waals surface area contributed by atoms with Gasteiger partial charge >= 0.3 is 5.97 Å². The van der Waals surface area contributed by atoms with E-state index in [9.17, 15) is 18.8 Å². The van der Waals surface area contributed by atoms with E-state index < -0.39 is 12.0 Å². The van der Waals surface area contributed by atoms with Crippen LogP contribution in [0.3, 0.4) is 0 Å². The van der Waals surface area contributed by atoms with Gasteiger partial charge in [-0.3, -0.25) is 14.0 Å². The molecule has 236 valence electrons. The van der Waals surface area contributed by atoms with Crippen molar-refractivity contribution in [3.63, 3.8) is 0 Å². The van der Waals surface area contributed by atoms with Crippen LogP contribution in [-0.4, -0.2) is 66.6 Å². The number of aromatic amines is 1. The van der Waals surface area contributed by atoms with Crippen LogP contribution in [0.5, 0.6) is 0 Å². The number of aromatic nitrogens is 1. The van der Waals surface area contributed by atoms with E-state index in [-0.39, 0.29) is 49.1 Å². The molecule has 1 amide bonds. The van der Waals surface area contributed by atoms with E-state index >= 15 is 0 Å². The van der Waals surface area contributed by atoms with Crippen molar-refractivity contribution in [2.75, 3.05) is 33.0 Å². The van der Waals surface area contributed by atoms with Gasteiger partial charge in [0.2, 0.25) is 5.91 Å². The first-order chi connectivity index (χ1) is 21.4. The molecule has 3 aromatic rings. The smallest absolute Gasteiger partial charge is 0.354 e. The van der Waals surface area contributed by atoms with E-state index in [1.54, 1.807) is 6.07 Å². The average Bonchev–Trinajstić information content (AvgIpc) is 3.69. The number of carbonyl (C=O) groups is 3. The molecule has 1 aliphatic carbocycles. The molecule has 1 aliphatic heterocycles. The Balaban J connectivity index is 1.29. The van der Waals surface area contributed by atoms with Gasteiger partial charge in [0, 0.05) is 55.3 Å². The Morgan fingerprint density at radius 3 is 2.50 bits per heavy atom. The normalized spacial score (nSPS) is 22.7. The molecule has 7 nitrogen and oxygen atoms in total. The molecule has 0 radical (unpaired) electrons. The quantitative estimate of drug-likeness (QED) is 0.174. The van der Waals surface area contributed by atoms with Gasteiger partial charge in [-0.2, -0.15) is 0 Å². The number of alkyl halides is 1. The number of fused-ring (bicyclic) bond motifs is 1. The fraction of sp³-hybridized carbons (Fsp3) is 0.528. The predicted molar refractivity (Wildman–Crippen MR) is 168 cm³/mol. The van der Waals surface area contributed by atoms with Gasteiger partial charge in [0.1, 0.15) is 5.69 Å². The van der Waals surface area contributed by atoms with Gasteiger partial charge in [0.15, 0.2) is 5.78 Å². The second-order valence-corrected chi connectivity index (χ2v) is 12.5. The predicted octanol–water partition coefficient (Wildman–Crippen LogP) is 6.66. The van der Waals surface area contributed by atoms with E-state index in [0.29, 0.717) is 37.8 Å². The summed E-state index contributed by atoms with van der Waals surface area (Å²) in [4.78, 5) is 45.5. The van der Waals surface area contributed by atoms with Crippen molar-refractivity contribution in [2.45, 2.75) is 70.8 Å². The molecule has 1 N–H and O–H groups in total. The number of rotatable bonds is 13. The Morgan fingerprint density at radius 1 is 1.00 bits per heavy atom. The summed E-state index contributed by atoms with van der Waals surface area (Å²) in [5.41, 5.74) is 3.07. The largest absolute Gasteiger partial charge is 0.461 e. The van der Waals surface area contributed by atoms with Crippen molar-refractivity contribution in [3.8, 4) is 0 Å². The highest BCUT2D eigenvalue weighted by atomic mass is 19.1. The SMILES string of the molecule is CCOCCCOC(=O)c1cc2cc(CC(=O)[C@@H]3[C@H](c4ccccc4)CCN3C(=O)C3CCC([C@H](C)CF)CC3)ccc2[nH]1. The lowest BCUT2D eigenvalue weighted by Gasteiger charge is -2.35. The first-order valence-corrected chi connectivity index (χ1v) is 16.2. The summed E-state index contributed by atoms with van der Waals surface area (Å²) in [5.74, 6) is -0.157. The maximum atomic E-state index is 14.1. The number of hydrogen-bond acceptors (Lipinski definition) is 5. The summed E-state index contributed by atoms with van der Waals surface area (Å²) < 4.78 is 23.9. The van der Waals surface area contributed by atoms with Crippen molar-refractivity contribution in [1.29, 1.82) is 0 Å². The van der Waals surface area contributed by atoms with Crippen molar-refractivity contribution in [3.05, 3.63) is 71.4 Å². The third-order valence-corrected chi connectivity index (χ3v) is 9.56. The topological polar surface area (TPSA) is 88.7 Å². The van der Waals surface area contributed by atoms with E-state index in [4.69, 9.17) is 9.47 Å². The molecule has 0 unspecified atom stereocenters. The molecule has 0 bridgehead atoms. The Bertz CT molecular complexity index is 1410. The van der Waals surface area contributed by atoms with Crippen LogP contribution in [0.25, 0.3) is 10.9 Å². The van der Waals surface area contributed by atoms with Crippen molar-refractivity contribution in [2.24, 2.45) is 17.8 Å². The Kier molecular flexibility index (Phi) is 10.9. The highest BCUT2D eigenvalue weighted by Crippen LogP contribution is 2.39. The number of benzene rings is 2. The summed E-state index contributed by atoms with van der Waals surface area (Å²) in [6.07, 6.45) is 4.79. The van der Waals surface area contributed by atoms with Crippen molar-refractivity contribution in [1.82, 2.24) is 9.88 Å². The molecule has 0 spiro atoms. The number of carbonyl (C=O) groups excluding carboxylic acids is 3. The van der Waals surface area contributed by atoms with Crippen LogP contribution in [0.2, 0.25) is 0 Å². The number of likely N-dealkylation sites (tertiary alicyclic amines) is 1. The van der Waals surface area contributed by atoms with Crippen LogP contribution in [0.15, 0.2) is 54.6 Å². The van der Waals surface area contributed by atoms with E-state index in [2.05, 4.69) is 4.98 Å². The third-order valence-electron chi connectivity index (χ3n) is 9.56. The van der Waals surface area contributed by atoms with Crippen LogP contribution < -0.4 is 0 Å². The molecule has 8 heteroatoms. The van der Waals surface area contributed by atoms with Gasteiger partial charge in [0.05, 0.1) is 19.3 Å². The maximum Gasteiger partial charge on any atom is 0.354 e. The number of ether oxygens (including phenoxy) is 2. The number of halogens is 1. The zero-order chi connectivity index (χ0) is 31.1. The Morgan fingerprint density at radius 2 is 1.77 bits per heavy atom. The molecular weight excluding hydrogens is 559 g/mol. The summed E-state index contributed by atoms with van der Waals surface area (Å²) >= 11 is 0. The fourth-order valence-electron chi connectivity index (χ4n) is 7.04. The zero-order valence-corrected chi connectivity index (χ0v) is 25.9. The monoisotopic (exact) mass is 604 g/mol. The number of H-pyrrole nitrogens is 1. The maximum absolute atomic E-state index is 14.1. The molecule has 1 aromatic heterocycles. The minimum atomic E-state index is -0.531. The lowest BCUT2D eigenvalue weighted by molar-refractivity contribution is -0.142. The average molecular weight is 605 g/mol. The van der Waals surface area contributed by atoms with E-state index in [1.807, 2.05) is 67.3 Å². The Labute approximate surface area is 259 Å². The van der Waals surface area contributed by atoms with Gasteiger partial charge < -0.3 is 19.4 Å². The second kappa shape index (κ2) is 15.0. The number of amides is 1. The van der Waals surface area contributed by atoms with Gasteiger partial charge in [-0.15, -0.1) is 0 Å². The molecule has 2 fully saturated rings. The Hall–Kier alpha value is -3.52. The number of ketones is 1. The van der Waals surface area contributed by atoms with Gasteiger partial charge in [-0.05, 0) is 80.2 Å². The van der Waals surface area contributed by atoms with Crippen LogP contribution >= 0.6 is 0 Å². The first-order valence-electron chi connectivity index (χ1n) is 16.2. The van der Waals surface area contributed by atoms with Gasteiger partial charge in [-0.1, -0.05) is 43.3 Å². The highest BCUT2D eigenvalue weighted by molar-refractivity contribution is 5.96. The van der Waals surface area contributed by atoms with Crippen molar-refractivity contribution < 1.29 is 28.2 Å². The summed E-state index contributed by atoms with van der Waals surface area (Å²) in [7, 11) is 0. The highest BCUT2D eigenvalue weighted by Gasteiger charge is 2.44. The first kappa shape index (κ1) is 31.9. The van der Waals surface area contributed by atoms with Crippen LogP contribution in [-0.2, 0) is 25.5 Å². The molecule has 3 atom stereocenters. The van der Waals surface area contributed by atoms with Crippen molar-refractivity contribution >= 4 is 28.6 Å². The van der Waals surface area contributed by atoms with Crippen LogP contribution in [0.4, 0.5) is 4.39 Å². The molecule has 2 aliphatic rings. The minimum absolute atomic E-state index is 0.0215. The fourth-order valence-corrected chi connectivity index (χ4v) is 7.04. The molecular formula is C36H45FN2O5. The summed E-state index contributed by atoms with van der Waals surface area (Å²) in [6.45, 7) is 5.58. The van der Waals surface area contributed by atoms with E-state index in [1.165, 1.54) is 0 Å². The second-order valence-electron chi connectivity index (χ2n) is 12.5. The van der Waals surface area contributed by atoms with Crippen LogP contribution in [0, 0.1) is 17.8 Å². The molecule has 2 heterocycles. The number of Topliss-reactive ketones (excluding diaryl/α,β-unsaturated/α-hetero) is 1. The lowest BCUT2D eigenvalue weighted by atomic mass is 9.76. The standard InChI is InChI=1S/C36H45FN2O5/c1-3-43-18-7-19-44-36(42)32-22-29-20-25(10-15-31(29)38-32)21-33(40)34-30(27-8-5-4-6-9-27)16-17-39(34)35(41)28-13-11-26(12-14-28)24(2)23-37/h4-6,8-10,15,20,22,24,26,28,30,34,38H,3,7,11-14,16-19,21,23H2,1-2H3/t24-,26?,28?,30+,34+/m1/s1. The molecule has 2 aromatic carbocycles.